The van der Waals surface area contributed by atoms with Crippen molar-refractivity contribution in [3.63, 3.8) is 0 Å². The van der Waals surface area contributed by atoms with Gasteiger partial charge in [0.1, 0.15) is 0 Å². The summed E-state index contributed by atoms with van der Waals surface area (Å²) in [5.74, 6) is 0.0410. The van der Waals surface area contributed by atoms with Crippen molar-refractivity contribution >= 4 is 28.7 Å². The van der Waals surface area contributed by atoms with Crippen LogP contribution in [0.1, 0.15) is 27.3 Å². The molecule has 2 aromatic rings. The fourth-order valence-electron chi connectivity index (χ4n) is 1.96. The average molecular weight is 268 g/mol. The first-order valence-corrected chi connectivity index (χ1v) is 6.88. The molecule has 0 aliphatic heterocycles. The van der Waals surface area contributed by atoms with Crippen molar-refractivity contribution in [2.45, 2.75) is 20.4 Å². The van der Waals surface area contributed by atoms with Crippen molar-refractivity contribution in [1.29, 1.82) is 0 Å². The molecule has 0 amide bonds. The number of aromatic nitrogens is 1. The lowest BCUT2D eigenvalue weighted by molar-refractivity contribution is 0.102. The largest absolute Gasteiger partial charge is 0.344 e. The molecule has 0 unspecified atom stereocenters. The fourth-order valence-corrected chi connectivity index (χ4v) is 2.77. The molecule has 2 nitrogen and oxygen atoms in total. The Bertz CT molecular complexity index is 528. The van der Waals surface area contributed by atoms with Crippen LogP contribution in [0.3, 0.4) is 0 Å². The second-order valence-electron chi connectivity index (χ2n) is 4.06. The van der Waals surface area contributed by atoms with Crippen molar-refractivity contribution < 1.29 is 4.79 Å². The maximum atomic E-state index is 11.7. The fraction of sp³-hybridized carbons (Fsp3) is 0.308. The Labute approximate surface area is 110 Å². The standard InChI is InChI=1S/C13H14ClNOS/c1-9-5-12(13(16)6-14)10(2)15(9)7-11-3-4-17-8-11/h3-5,8H,6-7H2,1-2H3. The number of Topliss-reactive ketones (excluding diaryl/α,β-unsaturated/α-hetero) is 1. The molecule has 0 aliphatic carbocycles. The third-order valence-electron chi connectivity index (χ3n) is 2.92. The third kappa shape index (κ3) is 2.45. The molecule has 0 saturated heterocycles. The average Bonchev–Trinajstić information content (AvgIpc) is 2.91. The molecule has 90 valence electrons. The van der Waals surface area contributed by atoms with Gasteiger partial charge >= 0.3 is 0 Å². The van der Waals surface area contributed by atoms with Gasteiger partial charge in [-0.2, -0.15) is 11.3 Å². The smallest absolute Gasteiger partial charge is 0.179 e. The highest BCUT2D eigenvalue weighted by Gasteiger charge is 2.14. The molecule has 0 aromatic carbocycles. The number of hydrogen-bond donors (Lipinski definition) is 0. The minimum Gasteiger partial charge on any atom is -0.344 e. The maximum absolute atomic E-state index is 11.7. The zero-order valence-corrected chi connectivity index (χ0v) is 11.4. The van der Waals surface area contributed by atoms with Gasteiger partial charge in [-0.15, -0.1) is 11.6 Å². The summed E-state index contributed by atoms with van der Waals surface area (Å²) in [5, 5.41) is 4.19. The minimum absolute atomic E-state index is 0.00339. The van der Waals surface area contributed by atoms with E-state index in [0.717, 1.165) is 23.5 Å². The zero-order valence-electron chi connectivity index (χ0n) is 9.87. The first-order valence-electron chi connectivity index (χ1n) is 5.40. The van der Waals surface area contributed by atoms with Gasteiger partial charge in [-0.25, -0.2) is 0 Å². The zero-order chi connectivity index (χ0) is 12.4. The number of hydrogen-bond acceptors (Lipinski definition) is 2. The monoisotopic (exact) mass is 267 g/mol. The van der Waals surface area contributed by atoms with Crippen LogP contribution in [0.25, 0.3) is 0 Å². The van der Waals surface area contributed by atoms with Crippen molar-refractivity contribution in [3.05, 3.63) is 45.4 Å². The van der Waals surface area contributed by atoms with Crippen molar-refractivity contribution in [2.75, 3.05) is 5.88 Å². The highest BCUT2D eigenvalue weighted by atomic mass is 35.5. The number of carbonyl (C=O) groups excluding carboxylic acids is 1. The molecule has 0 radical (unpaired) electrons. The van der Waals surface area contributed by atoms with Crippen LogP contribution in [0, 0.1) is 13.8 Å². The van der Waals surface area contributed by atoms with Crippen LogP contribution < -0.4 is 0 Å². The molecule has 2 rings (SSSR count). The SMILES string of the molecule is Cc1cc(C(=O)CCl)c(C)n1Cc1ccsc1. The highest BCUT2D eigenvalue weighted by molar-refractivity contribution is 7.07. The Hall–Kier alpha value is -1.06. The Morgan fingerprint density at radius 2 is 2.24 bits per heavy atom. The first-order chi connectivity index (χ1) is 8.13. The molecule has 0 bridgehead atoms. The van der Waals surface area contributed by atoms with E-state index in [9.17, 15) is 4.79 Å². The van der Waals surface area contributed by atoms with Gasteiger partial charge < -0.3 is 4.57 Å². The Balaban J connectivity index is 2.35. The number of alkyl halides is 1. The number of nitrogens with zero attached hydrogens (tertiary/aromatic N) is 1. The lowest BCUT2D eigenvalue weighted by Gasteiger charge is -2.08. The molecule has 17 heavy (non-hydrogen) atoms. The van der Waals surface area contributed by atoms with Crippen LogP contribution in [-0.4, -0.2) is 16.2 Å². The third-order valence-corrected chi connectivity index (χ3v) is 3.89. The normalized spacial score (nSPS) is 10.8. The van der Waals surface area contributed by atoms with Crippen LogP contribution in [0.4, 0.5) is 0 Å². The van der Waals surface area contributed by atoms with Gasteiger partial charge in [0.25, 0.3) is 0 Å². The summed E-state index contributed by atoms with van der Waals surface area (Å²) in [6.45, 7) is 4.81. The minimum atomic E-state index is -0.00339. The van der Waals surface area contributed by atoms with Gasteiger partial charge in [0.2, 0.25) is 0 Å². The summed E-state index contributed by atoms with van der Waals surface area (Å²) in [5.41, 5.74) is 4.11. The Morgan fingerprint density at radius 1 is 1.47 bits per heavy atom. The quantitative estimate of drug-likeness (QED) is 0.612. The van der Waals surface area contributed by atoms with Gasteiger partial charge in [-0.05, 0) is 42.3 Å². The summed E-state index contributed by atoms with van der Waals surface area (Å²) in [4.78, 5) is 11.7. The predicted octanol–water partition coefficient (Wildman–Crippen LogP) is 3.64. The highest BCUT2D eigenvalue weighted by Crippen LogP contribution is 2.19. The second-order valence-corrected chi connectivity index (χ2v) is 5.11. The van der Waals surface area contributed by atoms with E-state index in [-0.39, 0.29) is 11.7 Å². The number of halogens is 1. The van der Waals surface area contributed by atoms with E-state index in [1.807, 2.05) is 19.9 Å². The van der Waals surface area contributed by atoms with E-state index in [1.54, 1.807) is 11.3 Å². The van der Waals surface area contributed by atoms with Crippen LogP contribution in [0.15, 0.2) is 22.9 Å². The molecule has 4 heteroatoms. The van der Waals surface area contributed by atoms with E-state index >= 15 is 0 Å². The molecule has 2 aromatic heterocycles. The molecule has 0 atom stereocenters. The molecular formula is C13H14ClNOS. The molecule has 0 N–H and O–H groups in total. The number of rotatable bonds is 4. The Kier molecular flexibility index (Phi) is 3.69. The van der Waals surface area contributed by atoms with E-state index in [0.29, 0.717) is 0 Å². The van der Waals surface area contributed by atoms with Gasteiger partial charge in [0, 0.05) is 23.5 Å². The molecule has 0 saturated carbocycles. The molecular weight excluding hydrogens is 254 g/mol. The van der Waals surface area contributed by atoms with E-state index in [2.05, 4.69) is 21.4 Å². The van der Waals surface area contributed by atoms with Crippen LogP contribution >= 0.6 is 22.9 Å². The van der Waals surface area contributed by atoms with Crippen LogP contribution in [0.5, 0.6) is 0 Å². The second kappa shape index (κ2) is 5.07. The van der Waals surface area contributed by atoms with Gasteiger partial charge in [0.15, 0.2) is 5.78 Å². The van der Waals surface area contributed by atoms with E-state index in [1.165, 1.54) is 5.56 Å². The summed E-state index contributed by atoms with van der Waals surface area (Å²) in [6.07, 6.45) is 0. The van der Waals surface area contributed by atoms with E-state index in [4.69, 9.17) is 11.6 Å². The van der Waals surface area contributed by atoms with E-state index < -0.39 is 0 Å². The van der Waals surface area contributed by atoms with Gasteiger partial charge in [0.05, 0.1) is 5.88 Å². The lowest BCUT2D eigenvalue weighted by Crippen LogP contribution is -2.06. The topological polar surface area (TPSA) is 22.0 Å². The summed E-state index contributed by atoms with van der Waals surface area (Å²) in [6, 6.07) is 4.03. The number of carbonyl (C=O) groups is 1. The maximum Gasteiger partial charge on any atom is 0.179 e. The number of aryl methyl sites for hydroxylation is 1. The molecule has 0 spiro atoms. The number of ketones is 1. The van der Waals surface area contributed by atoms with Crippen molar-refractivity contribution in [1.82, 2.24) is 4.57 Å². The predicted molar refractivity (Wildman–Crippen MR) is 72.4 cm³/mol. The number of thiophene rings is 1. The summed E-state index contributed by atoms with van der Waals surface area (Å²) < 4.78 is 2.15. The van der Waals surface area contributed by atoms with Gasteiger partial charge in [-0.3, -0.25) is 4.79 Å². The first kappa shape index (κ1) is 12.4. The van der Waals surface area contributed by atoms with Crippen LogP contribution in [-0.2, 0) is 6.54 Å². The van der Waals surface area contributed by atoms with Gasteiger partial charge in [-0.1, -0.05) is 0 Å². The van der Waals surface area contributed by atoms with Crippen molar-refractivity contribution in [2.24, 2.45) is 0 Å². The molecule has 0 aliphatic rings. The Morgan fingerprint density at radius 3 is 2.82 bits per heavy atom. The lowest BCUT2D eigenvalue weighted by atomic mass is 10.2. The van der Waals surface area contributed by atoms with Crippen molar-refractivity contribution in [3.8, 4) is 0 Å². The summed E-state index contributed by atoms with van der Waals surface area (Å²) >= 11 is 7.29. The van der Waals surface area contributed by atoms with Crippen LogP contribution in [0.2, 0.25) is 0 Å². The molecule has 0 fully saturated rings. The summed E-state index contributed by atoms with van der Waals surface area (Å²) in [7, 11) is 0. The molecule has 2 heterocycles.